The topological polar surface area (TPSA) is 46.2 Å². The van der Waals surface area contributed by atoms with E-state index in [0.717, 1.165) is 5.69 Å². The molecule has 3 N–H and O–H groups in total. The predicted molar refractivity (Wildman–Crippen MR) is 87.1 cm³/mol. The molecule has 0 spiro atoms. The van der Waals surface area contributed by atoms with Crippen molar-refractivity contribution in [2.75, 3.05) is 5.73 Å². The molecule has 0 aliphatic rings. The van der Waals surface area contributed by atoms with Gasteiger partial charge in [0.1, 0.15) is 5.75 Å². The number of anilines is 1. The summed E-state index contributed by atoms with van der Waals surface area (Å²) in [5.74, 6) is 0.331. The number of phenolic OH excluding ortho intramolecular Hbond substituents is 1. The van der Waals surface area contributed by atoms with Gasteiger partial charge in [-0.1, -0.05) is 45.0 Å². The zero-order chi connectivity index (χ0) is 15.3. The van der Waals surface area contributed by atoms with Crippen LogP contribution in [-0.4, -0.2) is 5.11 Å². The van der Waals surface area contributed by atoms with Gasteiger partial charge in [-0.2, -0.15) is 0 Å². The highest BCUT2D eigenvalue weighted by atomic mass is 16.3. The smallest absolute Gasteiger partial charge is 0.115 e. The molecule has 0 aromatic heterocycles. The Balaban J connectivity index is 0.000000204. The number of hydrogen-bond acceptors (Lipinski definition) is 2. The summed E-state index contributed by atoms with van der Waals surface area (Å²) in [6, 6.07) is 13.3. The molecule has 0 atom stereocenters. The molecule has 108 valence electrons. The highest BCUT2D eigenvalue weighted by molar-refractivity contribution is 5.49. The molecule has 0 amide bonds. The Morgan fingerprint density at radius 1 is 0.900 bits per heavy atom. The fourth-order valence-electron chi connectivity index (χ4n) is 1.74. The van der Waals surface area contributed by atoms with E-state index in [0.29, 0.717) is 5.75 Å². The van der Waals surface area contributed by atoms with E-state index in [1.54, 1.807) is 12.1 Å². The minimum absolute atomic E-state index is 0.174. The van der Waals surface area contributed by atoms with E-state index >= 15 is 0 Å². The van der Waals surface area contributed by atoms with Crippen LogP contribution in [-0.2, 0) is 5.41 Å². The first-order valence-corrected chi connectivity index (χ1v) is 6.83. The highest BCUT2D eigenvalue weighted by Gasteiger charge is 2.12. The standard InChI is InChI=1S/C10H14O.C8H11N/c1-10(2,3)8-4-6-9(11)7-5-8;1-6-4-3-5-8(9)7(6)2/h4-7,11H,1-3H3;3-5H,9H2,1-2H3. The Bertz CT molecular complexity index is 530. The van der Waals surface area contributed by atoms with Crippen molar-refractivity contribution in [3.05, 3.63) is 59.2 Å². The van der Waals surface area contributed by atoms with Crippen LogP contribution < -0.4 is 5.73 Å². The van der Waals surface area contributed by atoms with E-state index in [2.05, 4.69) is 33.8 Å². The van der Waals surface area contributed by atoms with Gasteiger partial charge in [0.05, 0.1) is 0 Å². The molecule has 2 aromatic rings. The molecule has 0 heterocycles. The normalized spacial score (nSPS) is 10.7. The summed E-state index contributed by atoms with van der Waals surface area (Å²) in [4.78, 5) is 0. The first-order chi connectivity index (χ1) is 9.21. The number of nitrogens with two attached hydrogens (primary N) is 1. The first kappa shape index (κ1) is 16.1. The number of aryl methyl sites for hydroxylation is 1. The average molecular weight is 271 g/mol. The van der Waals surface area contributed by atoms with Gasteiger partial charge in [-0.25, -0.2) is 0 Å². The Kier molecular flexibility index (Phi) is 5.20. The average Bonchev–Trinajstić information content (AvgIpc) is 2.36. The summed E-state index contributed by atoms with van der Waals surface area (Å²) in [5.41, 5.74) is 10.4. The fraction of sp³-hybridized carbons (Fsp3) is 0.333. The molecule has 0 aliphatic carbocycles. The number of hydrogen-bond donors (Lipinski definition) is 2. The van der Waals surface area contributed by atoms with Gasteiger partial charge in [0.25, 0.3) is 0 Å². The lowest BCUT2D eigenvalue weighted by atomic mass is 9.87. The molecule has 0 saturated heterocycles. The number of benzene rings is 2. The molecule has 0 bridgehead atoms. The number of rotatable bonds is 0. The van der Waals surface area contributed by atoms with Crippen LogP contribution in [0.4, 0.5) is 5.69 Å². The second kappa shape index (κ2) is 6.47. The fourth-order valence-corrected chi connectivity index (χ4v) is 1.74. The lowest BCUT2D eigenvalue weighted by Gasteiger charge is -2.18. The molecule has 2 nitrogen and oxygen atoms in total. The SMILES string of the molecule is CC(C)(C)c1ccc(O)cc1.Cc1cccc(N)c1C. The maximum atomic E-state index is 9.02. The molecule has 0 aliphatic heterocycles. The second-order valence-corrected chi connectivity index (χ2v) is 6.09. The van der Waals surface area contributed by atoms with Crippen LogP contribution in [0.3, 0.4) is 0 Å². The van der Waals surface area contributed by atoms with E-state index < -0.39 is 0 Å². The predicted octanol–water partition coefficient (Wildman–Crippen LogP) is 4.58. The summed E-state index contributed by atoms with van der Waals surface area (Å²) in [6.45, 7) is 10.6. The summed E-state index contributed by atoms with van der Waals surface area (Å²) >= 11 is 0. The zero-order valence-corrected chi connectivity index (χ0v) is 13.1. The molecule has 0 saturated carbocycles. The van der Waals surface area contributed by atoms with Crippen molar-refractivity contribution in [3.8, 4) is 5.75 Å². The van der Waals surface area contributed by atoms with Crippen LogP contribution in [0, 0.1) is 13.8 Å². The van der Waals surface area contributed by atoms with Crippen LogP contribution in [0.5, 0.6) is 5.75 Å². The molecule has 2 heteroatoms. The largest absolute Gasteiger partial charge is 0.508 e. The van der Waals surface area contributed by atoms with Gasteiger partial charge in [-0.15, -0.1) is 0 Å². The van der Waals surface area contributed by atoms with Crippen LogP contribution in [0.15, 0.2) is 42.5 Å². The monoisotopic (exact) mass is 271 g/mol. The van der Waals surface area contributed by atoms with Crippen LogP contribution in [0.25, 0.3) is 0 Å². The van der Waals surface area contributed by atoms with Crippen LogP contribution in [0.1, 0.15) is 37.5 Å². The quantitative estimate of drug-likeness (QED) is 0.689. The van der Waals surface area contributed by atoms with Crippen LogP contribution >= 0.6 is 0 Å². The molecular weight excluding hydrogens is 246 g/mol. The van der Waals surface area contributed by atoms with E-state index in [-0.39, 0.29) is 5.41 Å². The van der Waals surface area contributed by atoms with E-state index in [1.165, 1.54) is 16.7 Å². The molecule has 0 radical (unpaired) electrons. The van der Waals surface area contributed by atoms with E-state index in [4.69, 9.17) is 10.8 Å². The van der Waals surface area contributed by atoms with Gasteiger partial charge in [0.2, 0.25) is 0 Å². The van der Waals surface area contributed by atoms with Crippen molar-refractivity contribution >= 4 is 5.69 Å². The van der Waals surface area contributed by atoms with Gasteiger partial charge in [-0.3, -0.25) is 0 Å². The van der Waals surface area contributed by atoms with E-state index in [1.807, 2.05) is 31.2 Å². The third-order valence-corrected chi connectivity index (χ3v) is 3.38. The number of nitrogen functional groups attached to an aromatic ring is 1. The van der Waals surface area contributed by atoms with Gasteiger partial charge in [0.15, 0.2) is 0 Å². The lowest BCUT2D eigenvalue weighted by molar-refractivity contribution is 0.474. The third-order valence-electron chi connectivity index (χ3n) is 3.38. The van der Waals surface area contributed by atoms with Crippen molar-refractivity contribution in [2.24, 2.45) is 0 Å². The van der Waals surface area contributed by atoms with Crippen molar-refractivity contribution in [1.82, 2.24) is 0 Å². The van der Waals surface area contributed by atoms with Crippen molar-refractivity contribution < 1.29 is 5.11 Å². The summed E-state index contributed by atoms with van der Waals surface area (Å²) in [7, 11) is 0. The maximum absolute atomic E-state index is 9.02. The molecule has 0 unspecified atom stereocenters. The molecule has 2 rings (SSSR count). The van der Waals surface area contributed by atoms with Gasteiger partial charge >= 0.3 is 0 Å². The summed E-state index contributed by atoms with van der Waals surface area (Å²) < 4.78 is 0. The minimum atomic E-state index is 0.174. The Hall–Kier alpha value is -1.96. The maximum Gasteiger partial charge on any atom is 0.115 e. The Labute approximate surface area is 122 Å². The molecule has 2 aromatic carbocycles. The molecular formula is C18H25NO. The molecule has 20 heavy (non-hydrogen) atoms. The third kappa shape index (κ3) is 4.61. The Morgan fingerprint density at radius 2 is 1.45 bits per heavy atom. The first-order valence-electron chi connectivity index (χ1n) is 6.83. The van der Waals surface area contributed by atoms with Crippen molar-refractivity contribution in [1.29, 1.82) is 0 Å². The van der Waals surface area contributed by atoms with Crippen LogP contribution in [0.2, 0.25) is 0 Å². The number of aromatic hydroxyl groups is 1. The summed E-state index contributed by atoms with van der Waals surface area (Å²) in [6.07, 6.45) is 0. The van der Waals surface area contributed by atoms with Crippen molar-refractivity contribution in [2.45, 2.75) is 40.0 Å². The zero-order valence-electron chi connectivity index (χ0n) is 13.1. The van der Waals surface area contributed by atoms with E-state index in [9.17, 15) is 0 Å². The van der Waals surface area contributed by atoms with Gasteiger partial charge < -0.3 is 10.8 Å². The van der Waals surface area contributed by atoms with Crippen molar-refractivity contribution in [3.63, 3.8) is 0 Å². The molecule has 0 fully saturated rings. The second-order valence-electron chi connectivity index (χ2n) is 6.09. The lowest BCUT2D eigenvalue weighted by Crippen LogP contribution is -2.10. The summed E-state index contributed by atoms with van der Waals surface area (Å²) in [5, 5.41) is 9.02. The highest BCUT2D eigenvalue weighted by Crippen LogP contribution is 2.23. The Morgan fingerprint density at radius 3 is 1.85 bits per heavy atom. The number of phenols is 1. The van der Waals surface area contributed by atoms with Gasteiger partial charge in [-0.05, 0) is 54.2 Å². The minimum Gasteiger partial charge on any atom is -0.508 e. The van der Waals surface area contributed by atoms with Gasteiger partial charge in [0, 0.05) is 5.69 Å².